The zero-order valence-electron chi connectivity index (χ0n) is 18.0. The van der Waals surface area contributed by atoms with E-state index in [1.54, 1.807) is 11.3 Å². The van der Waals surface area contributed by atoms with Gasteiger partial charge in [-0.15, -0.1) is 11.3 Å². The molecule has 33 heavy (non-hydrogen) atoms. The van der Waals surface area contributed by atoms with Gasteiger partial charge in [0.1, 0.15) is 18.1 Å². The van der Waals surface area contributed by atoms with Gasteiger partial charge in [0.2, 0.25) is 0 Å². The molecule has 1 aliphatic rings. The zero-order chi connectivity index (χ0) is 22.6. The summed E-state index contributed by atoms with van der Waals surface area (Å²) in [5, 5.41) is 6.47. The fourth-order valence-corrected chi connectivity index (χ4v) is 5.07. The molecule has 0 saturated heterocycles. The largest absolute Gasteiger partial charge is 0.492 e. The van der Waals surface area contributed by atoms with Crippen LogP contribution in [0.4, 0.5) is 0 Å². The van der Waals surface area contributed by atoms with Crippen molar-refractivity contribution in [2.45, 2.75) is 19.0 Å². The van der Waals surface area contributed by atoms with Crippen molar-refractivity contribution in [2.75, 3.05) is 13.2 Å². The molecule has 0 saturated carbocycles. The fraction of sp³-hybridized carbons (Fsp3) is 0.192. The van der Waals surface area contributed by atoms with Crippen LogP contribution in [0.2, 0.25) is 0 Å². The van der Waals surface area contributed by atoms with Crippen LogP contribution in [0.25, 0.3) is 0 Å². The van der Waals surface area contributed by atoms with E-state index in [4.69, 9.17) is 4.74 Å². The summed E-state index contributed by atoms with van der Waals surface area (Å²) in [5.74, 6) is 0.543. The van der Waals surface area contributed by atoms with E-state index in [1.807, 2.05) is 65.6 Å². The van der Waals surface area contributed by atoms with Gasteiger partial charge in [-0.25, -0.2) is 4.68 Å². The third-order valence-electron chi connectivity index (χ3n) is 5.74. The topological polar surface area (TPSA) is 64.4 Å². The summed E-state index contributed by atoms with van der Waals surface area (Å²) in [6.07, 6.45) is 0.812. The molecule has 0 radical (unpaired) electrons. The lowest BCUT2D eigenvalue weighted by molar-refractivity contribution is 0.0686. The molecular formula is C26H23N3O3S. The monoisotopic (exact) mass is 457 g/mol. The lowest BCUT2D eigenvalue weighted by Crippen LogP contribution is -2.41. The molecule has 1 atom stereocenters. The molecule has 7 heteroatoms. The number of thiophene rings is 1. The summed E-state index contributed by atoms with van der Waals surface area (Å²) >= 11 is 1.73. The Morgan fingerprint density at radius 1 is 1.00 bits per heavy atom. The molecule has 0 unspecified atom stereocenters. The van der Waals surface area contributed by atoms with E-state index < -0.39 is 0 Å². The Morgan fingerprint density at radius 2 is 1.76 bits per heavy atom. The Hall–Kier alpha value is -3.71. The van der Waals surface area contributed by atoms with Crippen molar-refractivity contribution in [3.05, 3.63) is 116 Å². The first-order valence-corrected chi connectivity index (χ1v) is 11.8. The number of aromatic nitrogens is 2. The van der Waals surface area contributed by atoms with Crippen LogP contribution in [0.5, 0.6) is 5.75 Å². The summed E-state index contributed by atoms with van der Waals surface area (Å²) < 4.78 is 6.99. The molecule has 2 aromatic carbocycles. The number of rotatable bonds is 6. The number of amides is 1. The summed E-state index contributed by atoms with van der Waals surface area (Å²) in [5.41, 5.74) is 2.22. The second-order valence-electron chi connectivity index (χ2n) is 7.80. The number of hydrogen-bond acceptors (Lipinski definition) is 5. The predicted octanol–water partition coefficient (Wildman–Crippen LogP) is 4.17. The minimum atomic E-state index is -0.262. The van der Waals surface area contributed by atoms with E-state index in [2.05, 4.69) is 16.5 Å². The van der Waals surface area contributed by atoms with E-state index in [9.17, 15) is 9.59 Å². The number of carbonyl (C=O) groups excluding carboxylic acids is 1. The maximum atomic E-state index is 13.6. The van der Waals surface area contributed by atoms with Gasteiger partial charge in [-0.05, 0) is 47.2 Å². The molecule has 0 spiro atoms. The van der Waals surface area contributed by atoms with Crippen molar-refractivity contribution in [1.82, 2.24) is 14.7 Å². The third kappa shape index (κ3) is 4.45. The maximum Gasteiger partial charge on any atom is 0.275 e. The first-order chi connectivity index (χ1) is 16.2. The predicted molar refractivity (Wildman–Crippen MR) is 128 cm³/mol. The number of benzene rings is 2. The van der Waals surface area contributed by atoms with Crippen LogP contribution in [0.15, 0.2) is 89.0 Å². The molecule has 1 amide bonds. The first-order valence-electron chi connectivity index (χ1n) is 10.9. The summed E-state index contributed by atoms with van der Waals surface area (Å²) in [4.78, 5) is 29.1. The molecule has 166 valence electrons. The van der Waals surface area contributed by atoms with Crippen molar-refractivity contribution < 1.29 is 9.53 Å². The Labute approximate surface area is 195 Å². The molecule has 0 fully saturated rings. The highest BCUT2D eigenvalue weighted by Crippen LogP contribution is 2.38. The lowest BCUT2D eigenvalue weighted by atomic mass is 9.93. The Bertz CT molecular complexity index is 1300. The van der Waals surface area contributed by atoms with E-state index in [0.29, 0.717) is 6.54 Å². The standard InChI is InChI=1S/C26H23N3O3S/c30-24-12-11-22(27-29(24)16-17-32-20-9-5-2-6-10-20)26(31)28-15-13-23-21(14-18-33-23)25(28)19-7-3-1-4-8-19/h1-12,14,18,25H,13,15-17H2/t25-/m1/s1. The Kier molecular flexibility index (Phi) is 6.04. The summed E-state index contributed by atoms with van der Waals surface area (Å²) in [7, 11) is 0. The van der Waals surface area contributed by atoms with Gasteiger partial charge >= 0.3 is 0 Å². The van der Waals surface area contributed by atoms with Crippen molar-refractivity contribution in [2.24, 2.45) is 0 Å². The van der Waals surface area contributed by atoms with Crippen LogP contribution in [0, 0.1) is 0 Å². The molecule has 6 nitrogen and oxygen atoms in total. The molecule has 1 aliphatic heterocycles. The maximum absolute atomic E-state index is 13.6. The van der Waals surface area contributed by atoms with Gasteiger partial charge < -0.3 is 9.64 Å². The van der Waals surface area contributed by atoms with Gasteiger partial charge in [0.15, 0.2) is 0 Å². The molecular weight excluding hydrogens is 434 g/mol. The van der Waals surface area contributed by atoms with Crippen LogP contribution >= 0.6 is 11.3 Å². The number of para-hydroxylation sites is 1. The first kappa shape index (κ1) is 21.2. The molecule has 0 N–H and O–H groups in total. The normalized spacial score (nSPS) is 15.2. The minimum Gasteiger partial charge on any atom is -0.492 e. The van der Waals surface area contributed by atoms with E-state index in [0.717, 1.165) is 23.3 Å². The van der Waals surface area contributed by atoms with E-state index >= 15 is 0 Å². The highest BCUT2D eigenvalue weighted by molar-refractivity contribution is 7.10. The molecule has 5 rings (SSSR count). The number of hydrogen-bond donors (Lipinski definition) is 0. The van der Waals surface area contributed by atoms with Crippen LogP contribution in [0.3, 0.4) is 0 Å². The fourth-order valence-electron chi connectivity index (χ4n) is 4.17. The Morgan fingerprint density at radius 3 is 2.55 bits per heavy atom. The molecule has 3 heterocycles. The lowest BCUT2D eigenvalue weighted by Gasteiger charge is -2.36. The average Bonchev–Trinajstić information content (AvgIpc) is 3.34. The van der Waals surface area contributed by atoms with Gasteiger partial charge in [0.25, 0.3) is 11.5 Å². The van der Waals surface area contributed by atoms with Crippen molar-refractivity contribution in [3.63, 3.8) is 0 Å². The van der Waals surface area contributed by atoms with Crippen molar-refractivity contribution >= 4 is 17.2 Å². The third-order valence-corrected chi connectivity index (χ3v) is 6.74. The van der Waals surface area contributed by atoms with Crippen LogP contribution in [-0.4, -0.2) is 33.7 Å². The summed E-state index contributed by atoms with van der Waals surface area (Å²) in [6.45, 7) is 1.14. The average molecular weight is 458 g/mol. The number of nitrogens with zero attached hydrogens (tertiary/aromatic N) is 3. The smallest absolute Gasteiger partial charge is 0.275 e. The SMILES string of the molecule is O=C(c1ccc(=O)n(CCOc2ccccc2)n1)N1CCc2sccc2[C@H]1c1ccccc1. The van der Waals surface area contributed by atoms with Gasteiger partial charge in [-0.3, -0.25) is 9.59 Å². The second kappa shape index (κ2) is 9.42. The zero-order valence-corrected chi connectivity index (χ0v) is 18.8. The van der Waals surface area contributed by atoms with Gasteiger partial charge in [0, 0.05) is 17.5 Å². The molecule has 0 bridgehead atoms. The Balaban J connectivity index is 1.39. The van der Waals surface area contributed by atoms with Crippen molar-refractivity contribution in [3.8, 4) is 5.75 Å². The number of carbonyl (C=O) groups is 1. The molecule has 2 aromatic heterocycles. The van der Waals surface area contributed by atoms with Gasteiger partial charge in [0.05, 0.1) is 12.6 Å². The summed E-state index contributed by atoms with van der Waals surface area (Å²) in [6, 6.07) is 24.3. The van der Waals surface area contributed by atoms with Gasteiger partial charge in [-0.2, -0.15) is 5.10 Å². The minimum absolute atomic E-state index is 0.169. The molecule has 4 aromatic rings. The highest BCUT2D eigenvalue weighted by atomic mass is 32.1. The van der Waals surface area contributed by atoms with Crippen LogP contribution in [0.1, 0.15) is 32.5 Å². The molecule has 0 aliphatic carbocycles. The number of fused-ring (bicyclic) bond motifs is 1. The van der Waals surface area contributed by atoms with E-state index in [1.165, 1.54) is 21.7 Å². The van der Waals surface area contributed by atoms with Crippen molar-refractivity contribution in [1.29, 1.82) is 0 Å². The van der Waals surface area contributed by atoms with Crippen LogP contribution < -0.4 is 10.3 Å². The van der Waals surface area contributed by atoms with Crippen LogP contribution in [-0.2, 0) is 13.0 Å². The highest BCUT2D eigenvalue weighted by Gasteiger charge is 2.33. The quantitative estimate of drug-likeness (QED) is 0.436. The second-order valence-corrected chi connectivity index (χ2v) is 8.80. The number of ether oxygens (including phenoxy) is 1. The van der Waals surface area contributed by atoms with E-state index in [-0.39, 0.29) is 36.4 Å². The van der Waals surface area contributed by atoms with Gasteiger partial charge in [-0.1, -0.05) is 48.5 Å².